The molecule has 1 amide bonds. The van der Waals surface area contributed by atoms with Gasteiger partial charge in [0.1, 0.15) is 5.56 Å². The monoisotopic (exact) mass is 308 g/mol. The van der Waals surface area contributed by atoms with Crippen molar-refractivity contribution in [1.82, 2.24) is 10.6 Å². The zero-order valence-electron chi connectivity index (χ0n) is 10.9. The van der Waals surface area contributed by atoms with Crippen molar-refractivity contribution in [2.45, 2.75) is 25.3 Å². The molecule has 1 fully saturated rings. The van der Waals surface area contributed by atoms with Crippen molar-refractivity contribution in [3.05, 3.63) is 34.6 Å². The molecule has 21 heavy (non-hydrogen) atoms. The van der Waals surface area contributed by atoms with Crippen LogP contribution < -0.4 is 10.6 Å². The zero-order chi connectivity index (χ0) is 15.6. The summed E-state index contributed by atoms with van der Waals surface area (Å²) in [6, 6.07) is -0.421. The summed E-state index contributed by atoms with van der Waals surface area (Å²) in [5.74, 6) is -12.1. The highest BCUT2D eigenvalue weighted by atomic mass is 19.2. The number of rotatable bonds is 2. The van der Waals surface area contributed by atoms with Gasteiger partial charge in [-0.3, -0.25) is 4.79 Å². The van der Waals surface area contributed by atoms with Gasteiger partial charge in [0.05, 0.1) is 0 Å². The van der Waals surface area contributed by atoms with Crippen LogP contribution in [-0.4, -0.2) is 25.0 Å². The molecular formula is C13H13F5N2O. The highest BCUT2D eigenvalue weighted by molar-refractivity contribution is 5.95. The van der Waals surface area contributed by atoms with E-state index in [2.05, 4.69) is 10.6 Å². The van der Waals surface area contributed by atoms with E-state index in [1.807, 2.05) is 0 Å². The van der Waals surface area contributed by atoms with Gasteiger partial charge in [-0.05, 0) is 19.4 Å². The largest absolute Gasteiger partial charge is 0.348 e. The average Bonchev–Trinajstić information content (AvgIpc) is 2.72. The van der Waals surface area contributed by atoms with E-state index in [1.165, 1.54) is 0 Å². The van der Waals surface area contributed by atoms with Gasteiger partial charge >= 0.3 is 0 Å². The molecule has 2 N–H and O–H groups in total. The highest BCUT2D eigenvalue weighted by Crippen LogP contribution is 2.23. The van der Waals surface area contributed by atoms with Gasteiger partial charge in [-0.15, -0.1) is 0 Å². The van der Waals surface area contributed by atoms with Crippen molar-refractivity contribution in [1.29, 1.82) is 0 Å². The van der Waals surface area contributed by atoms with Gasteiger partial charge < -0.3 is 10.6 Å². The highest BCUT2D eigenvalue weighted by Gasteiger charge is 2.30. The molecule has 3 nitrogen and oxygen atoms in total. The van der Waals surface area contributed by atoms with Gasteiger partial charge in [-0.2, -0.15) is 0 Å². The molecule has 1 aliphatic heterocycles. The number of halogens is 5. The summed E-state index contributed by atoms with van der Waals surface area (Å²) in [5, 5.41) is 5.30. The Morgan fingerprint density at radius 1 is 0.952 bits per heavy atom. The first-order valence-electron chi connectivity index (χ1n) is 6.46. The van der Waals surface area contributed by atoms with E-state index in [0.717, 1.165) is 19.4 Å². The zero-order valence-corrected chi connectivity index (χ0v) is 10.9. The molecule has 0 bridgehead atoms. The van der Waals surface area contributed by atoms with Crippen LogP contribution >= 0.6 is 0 Å². The first-order valence-corrected chi connectivity index (χ1v) is 6.46. The lowest BCUT2D eigenvalue weighted by molar-refractivity contribution is 0.0923. The van der Waals surface area contributed by atoms with Crippen LogP contribution in [-0.2, 0) is 0 Å². The van der Waals surface area contributed by atoms with Crippen molar-refractivity contribution in [2.24, 2.45) is 0 Å². The Labute approximate surface area is 117 Å². The van der Waals surface area contributed by atoms with E-state index in [9.17, 15) is 26.7 Å². The van der Waals surface area contributed by atoms with Crippen LogP contribution in [0.2, 0.25) is 0 Å². The summed E-state index contributed by atoms with van der Waals surface area (Å²) in [4.78, 5) is 11.8. The van der Waals surface area contributed by atoms with Gasteiger partial charge in [0.2, 0.25) is 5.82 Å². The summed E-state index contributed by atoms with van der Waals surface area (Å²) in [5.41, 5.74) is -1.45. The summed E-state index contributed by atoms with van der Waals surface area (Å²) in [6.45, 7) is 1.12. The molecule has 1 aliphatic rings. The van der Waals surface area contributed by atoms with Gasteiger partial charge in [0.25, 0.3) is 5.91 Å². The minimum Gasteiger partial charge on any atom is -0.348 e. The van der Waals surface area contributed by atoms with Crippen molar-refractivity contribution < 1.29 is 26.7 Å². The lowest BCUT2D eigenvalue weighted by Crippen LogP contribution is -2.41. The molecule has 1 aromatic rings. The van der Waals surface area contributed by atoms with Crippen LogP contribution in [0.5, 0.6) is 0 Å². The third-order valence-corrected chi connectivity index (χ3v) is 3.32. The third-order valence-electron chi connectivity index (χ3n) is 3.32. The normalized spacial score (nSPS) is 19.2. The number of carbonyl (C=O) groups excluding carboxylic acids is 1. The molecule has 116 valence electrons. The van der Waals surface area contributed by atoms with E-state index in [1.54, 1.807) is 0 Å². The molecule has 2 rings (SSSR count). The van der Waals surface area contributed by atoms with Crippen molar-refractivity contribution in [3.8, 4) is 0 Å². The van der Waals surface area contributed by atoms with Gasteiger partial charge in [-0.1, -0.05) is 6.42 Å². The molecule has 1 saturated heterocycles. The smallest absolute Gasteiger partial charge is 0.257 e. The molecule has 0 spiro atoms. The molecule has 0 aromatic heterocycles. The van der Waals surface area contributed by atoms with E-state index in [-0.39, 0.29) is 0 Å². The number of amides is 1. The van der Waals surface area contributed by atoms with Crippen LogP contribution in [0.1, 0.15) is 29.6 Å². The van der Waals surface area contributed by atoms with Crippen LogP contribution in [0.15, 0.2) is 0 Å². The van der Waals surface area contributed by atoms with E-state index in [4.69, 9.17) is 0 Å². The molecule has 1 atom stereocenters. The van der Waals surface area contributed by atoms with Gasteiger partial charge in [0, 0.05) is 12.6 Å². The fourth-order valence-electron chi connectivity index (χ4n) is 2.20. The molecule has 8 heteroatoms. The van der Waals surface area contributed by atoms with Gasteiger partial charge in [-0.25, -0.2) is 22.0 Å². The molecule has 1 heterocycles. The van der Waals surface area contributed by atoms with Crippen molar-refractivity contribution in [3.63, 3.8) is 0 Å². The SMILES string of the molecule is O=C(NC1CCCCNC1)c1c(F)c(F)c(F)c(F)c1F. The summed E-state index contributed by atoms with van der Waals surface area (Å²) in [6.07, 6.45) is 2.23. The lowest BCUT2D eigenvalue weighted by Gasteiger charge is -2.17. The Balaban J connectivity index is 2.27. The Kier molecular flexibility index (Phi) is 4.76. The van der Waals surface area contributed by atoms with Crippen LogP contribution in [0.4, 0.5) is 22.0 Å². The molecule has 0 saturated carbocycles. The minimum atomic E-state index is -2.28. The number of hydrogen-bond acceptors (Lipinski definition) is 2. The van der Waals surface area contributed by atoms with Crippen molar-refractivity contribution >= 4 is 5.91 Å². The molecule has 0 radical (unpaired) electrons. The second-order valence-electron chi connectivity index (χ2n) is 4.82. The Morgan fingerprint density at radius 2 is 1.52 bits per heavy atom. The summed E-state index contributed by atoms with van der Waals surface area (Å²) in [7, 11) is 0. The Morgan fingerprint density at radius 3 is 2.14 bits per heavy atom. The van der Waals surface area contributed by atoms with Crippen molar-refractivity contribution in [2.75, 3.05) is 13.1 Å². The molecular weight excluding hydrogens is 295 g/mol. The second-order valence-corrected chi connectivity index (χ2v) is 4.82. The maximum absolute atomic E-state index is 13.5. The molecule has 1 aromatic carbocycles. The maximum Gasteiger partial charge on any atom is 0.257 e. The predicted molar refractivity (Wildman–Crippen MR) is 64.2 cm³/mol. The van der Waals surface area contributed by atoms with Crippen LogP contribution in [0.25, 0.3) is 0 Å². The lowest BCUT2D eigenvalue weighted by atomic mass is 10.1. The average molecular weight is 308 g/mol. The number of benzene rings is 1. The Bertz CT molecular complexity index is 527. The summed E-state index contributed by atoms with van der Waals surface area (Å²) >= 11 is 0. The van der Waals surface area contributed by atoms with Crippen LogP contribution in [0, 0.1) is 29.1 Å². The summed E-state index contributed by atoms with van der Waals surface area (Å²) < 4.78 is 66.0. The number of carbonyl (C=O) groups is 1. The quantitative estimate of drug-likeness (QED) is 0.500. The van der Waals surface area contributed by atoms with E-state index in [0.29, 0.717) is 13.0 Å². The first kappa shape index (κ1) is 15.7. The predicted octanol–water partition coefficient (Wildman–Crippen LogP) is 2.25. The molecule has 1 unspecified atom stereocenters. The number of hydrogen-bond donors (Lipinski definition) is 2. The second kappa shape index (κ2) is 6.38. The van der Waals surface area contributed by atoms with Crippen LogP contribution in [0.3, 0.4) is 0 Å². The fraction of sp³-hybridized carbons (Fsp3) is 0.462. The maximum atomic E-state index is 13.5. The number of nitrogens with one attached hydrogen (secondary N) is 2. The minimum absolute atomic E-state index is 0.376. The van der Waals surface area contributed by atoms with Gasteiger partial charge in [0.15, 0.2) is 23.3 Å². The van der Waals surface area contributed by atoms with E-state index < -0.39 is 46.6 Å². The third kappa shape index (κ3) is 3.15. The molecule has 0 aliphatic carbocycles. The first-order chi connectivity index (χ1) is 9.93. The fourth-order valence-corrected chi connectivity index (χ4v) is 2.20. The Hall–Kier alpha value is -1.70. The standard InChI is InChI=1S/C13H13F5N2O/c14-8-7(9(15)11(17)12(18)10(8)16)13(21)20-6-3-1-2-4-19-5-6/h6,19H,1-5H2,(H,20,21). The topological polar surface area (TPSA) is 41.1 Å². The van der Waals surface area contributed by atoms with E-state index >= 15 is 0 Å².